The predicted molar refractivity (Wildman–Crippen MR) is 67.8 cm³/mol. The molecule has 0 aromatic carbocycles. The Labute approximate surface area is 111 Å². The van der Waals surface area contributed by atoms with Gasteiger partial charge in [-0.3, -0.25) is 9.78 Å². The van der Waals surface area contributed by atoms with E-state index in [2.05, 4.69) is 20.0 Å². The van der Waals surface area contributed by atoms with Gasteiger partial charge in [-0.2, -0.15) is 10.2 Å². The van der Waals surface area contributed by atoms with Crippen LogP contribution in [0.3, 0.4) is 0 Å². The zero-order valence-corrected chi connectivity index (χ0v) is 11.3. The maximum Gasteiger partial charge on any atom is 0.244 e. The molecule has 0 radical (unpaired) electrons. The molecule has 0 fully saturated rings. The lowest BCUT2D eigenvalue weighted by Crippen LogP contribution is -2.30. The fourth-order valence-corrected chi connectivity index (χ4v) is 3.62. The summed E-state index contributed by atoms with van der Waals surface area (Å²) in [7, 11) is -1.65. The summed E-state index contributed by atoms with van der Waals surface area (Å²) < 4.78 is 28.9. The lowest BCUT2D eigenvalue weighted by Gasteiger charge is -2.23. The van der Waals surface area contributed by atoms with Gasteiger partial charge in [0.05, 0.1) is 18.4 Å². The number of hydrogen-bond acceptors (Lipinski definition) is 4. The van der Waals surface area contributed by atoms with E-state index >= 15 is 0 Å². The number of aryl methyl sites for hydroxylation is 1. The van der Waals surface area contributed by atoms with Crippen molar-refractivity contribution >= 4 is 10.0 Å². The number of nitrogens with zero attached hydrogens (tertiary/aromatic N) is 3. The first kappa shape index (κ1) is 12.4. The van der Waals surface area contributed by atoms with Crippen LogP contribution in [0.25, 0.3) is 0 Å². The third-order valence-corrected chi connectivity index (χ3v) is 4.90. The number of hydrogen-bond donors (Lipinski definition) is 2. The van der Waals surface area contributed by atoms with Gasteiger partial charge in [0.1, 0.15) is 4.90 Å². The van der Waals surface area contributed by atoms with Gasteiger partial charge in [-0.25, -0.2) is 13.1 Å². The summed E-state index contributed by atoms with van der Waals surface area (Å²) in [6.45, 7) is 0. The number of H-pyrrole nitrogens is 1. The van der Waals surface area contributed by atoms with Crippen LogP contribution in [-0.4, -0.2) is 28.4 Å². The molecule has 2 N–H and O–H groups in total. The van der Waals surface area contributed by atoms with E-state index in [9.17, 15) is 8.42 Å². The topological polar surface area (TPSA) is 92.7 Å². The van der Waals surface area contributed by atoms with Gasteiger partial charge in [0.15, 0.2) is 0 Å². The summed E-state index contributed by atoms with van der Waals surface area (Å²) in [4.78, 5) is 0.156. The number of sulfonamides is 1. The van der Waals surface area contributed by atoms with Crippen LogP contribution in [0.15, 0.2) is 23.5 Å². The first-order valence-corrected chi connectivity index (χ1v) is 7.58. The third-order valence-electron chi connectivity index (χ3n) is 3.46. The zero-order chi connectivity index (χ0) is 13.5. The van der Waals surface area contributed by atoms with Crippen LogP contribution in [-0.2, 0) is 23.5 Å². The molecule has 2 aromatic heterocycles. The van der Waals surface area contributed by atoms with Crippen LogP contribution in [0.5, 0.6) is 0 Å². The highest BCUT2D eigenvalue weighted by Crippen LogP contribution is 2.30. The highest BCUT2D eigenvalue weighted by Gasteiger charge is 2.28. The summed E-state index contributed by atoms with van der Waals surface area (Å²) in [5.41, 5.74) is 2.08. The number of fused-ring (bicyclic) bond motifs is 1. The van der Waals surface area contributed by atoms with E-state index in [1.807, 2.05) is 11.7 Å². The molecule has 0 spiro atoms. The van der Waals surface area contributed by atoms with E-state index in [-0.39, 0.29) is 10.9 Å². The van der Waals surface area contributed by atoms with E-state index in [0.29, 0.717) is 0 Å². The van der Waals surface area contributed by atoms with Crippen LogP contribution in [0.1, 0.15) is 30.1 Å². The minimum Gasteiger partial charge on any atom is -0.284 e. The van der Waals surface area contributed by atoms with Crippen molar-refractivity contribution in [2.24, 2.45) is 7.05 Å². The van der Waals surface area contributed by atoms with E-state index in [1.54, 1.807) is 6.20 Å². The first-order valence-electron chi connectivity index (χ1n) is 6.10. The second kappa shape index (κ2) is 4.46. The van der Waals surface area contributed by atoms with Crippen LogP contribution in [0.2, 0.25) is 0 Å². The summed E-state index contributed by atoms with van der Waals surface area (Å²) >= 11 is 0. The Bertz CT molecular complexity index is 674. The molecule has 0 saturated carbocycles. The molecule has 0 aliphatic heterocycles. The third kappa shape index (κ3) is 2.17. The molecular weight excluding hydrogens is 266 g/mol. The highest BCUT2D eigenvalue weighted by molar-refractivity contribution is 7.89. The van der Waals surface area contributed by atoms with Crippen molar-refractivity contribution in [3.63, 3.8) is 0 Å². The molecule has 1 aliphatic carbocycles. The van der Waals surface area contributed by atoms with Crippen molar-refractivity contribution in [3.05, 3.63) is 29.8 Å². The van der Waals surface area contributed by atoms with Crippen molar-refractivity contribution in [1.82, 2.24) is 24.7 Å². The van der Waals surface area contributed by atoms with Gasteiger partial charge in [0.25, 0.3) is 0 Å². The SMILES string of the molecule is Cn1ncc2c1CCCC2NS(=O)(=O)c1cn[nH]c1. The van der Waals surface area contributed by atoms with Crippen molar-refractivity contribution in [2.45, 2.75) is 30.2 Å². The molecule has 3 rings (SSSR count). The second-order valence-electron chi connectivity index (χ2n) is 4.67. The average Bonchev–Trinajstić information content (AvgIpc) is 3.00. The van der Waals surface area contributed by atoms with Crippen LogP contribution >= 0.6 is 0 Å². The quantitative estimate of drug-likeness (QED) is 0.856. The maximum absolute atomic E-state index is 12.2. The number of aromatic amines is 1. The molecule has 1 aliphatic rings. The Hall–Kier alpha value is -1.67. The molecule has 2 heterocycles. The molecule has 1 unspecified atom stereocenters. The van der Waals surface area contributed by atoms with Gasteiger partial charge >= 0.3 is 0 Å². The molecule has 7 nitrogen and oxygen atoms in total. The Morgan fingerprint density at radius 3 is 3.05 bits per heavy atom. The predicted octanol–water partition coefficient (Wildman–Crippen LogP) is 0.499. The first-order chi connectivity index (χ1) is 9.08. The maximum atomic E-state index is 12.2. The van der Waals surface area contributed by atoms with Crippen LogP contribution in [0, 0.1) is 0 Å². The largest absolute Gasteiger partial charge is 0.284 e. The Balaban J connectivity index is 1.89. The lowest BCUT2D eigenvalue weighted by molar-refractivity contribution is 0.498. The van der Waals surface area contributed by atoms with Gasteiger partial charge in [-0.05, 0) is 19.3 Å². The molecule has 0 bridgehead atoms. The summed E-state index contributed by atoms with van der Waals surface area (Å²) in [6.07, 6.45) is 7.10. The number of rotatable bonds is 3. The van der Waals surface area contributed by atoms with Crippen LogP contribution in [0.4, 0.5) is 0 Å². The molecule has 19 heavy (non-hydrogen) atoms. The van der Waals surface area contributed by atoms with Crippen molar-refractivity contribution in [1.29, 1.82) is 0 Å². The van der Waals surface area contributed by atoms with E-state index in [1.165, 1.54) is 12.4 Å². The standard InChI is InChI=1S/C11H15N5O2S/c1-16-11-4-2-3-10(9(11)7-14-16)15-19(17,18)8-5-12-13-6-8/h5-7,10,15H,2-4H2,1H3,(H,12,13). The Morgan fingerprint density at radius 2 is 2.32 bits per heavy atom. The summed E-state index contributed by atoms with van der Waals surface area (Å²) in [5.74, 6) is 0. The minimum absolute atomic E-state index is 0.156. The van der Waals surface area contributed by atoms with E-state index in [0.717, 1.165) is 30.5 Å². The fourth-order valence-electron chi connectivity index (χ4n) is 2.47. The van der Waals surface area contributed by atoms with Crippen molar-refractivity contribution in [3.8, 4) is 0 Å². The normalized spacial score (nSPS) is 19.3. The molecule has 0 saturated heterocycles. The van der Waals surface area contributed by atoms with Gasteiger partial charge < -0.3 is 0 Å². The lowest BCUT2D eigenvalue weighted by atomic mass is 9.94. The van der Waals surface area contributed by atoms with Gasteiger partial charge in [0, 0.05) is 24.5 Å². The van der Waals surface area contributed by atoms with Gasteiger partial charge in [0.2, 0.25) is 10.0 Å². The minimum atomic E-state index is -3.53. The van der Waals surface area contributed by atoms with Crippen LogP contribution < -0.4 is 4.72 Å². The Kier molecular flexibility index (Phi) is 2.90. The number of aromatic nitrogens is 4. The molecule has 2 aromatic rings. The van der Waals surface area contributed by atoms with E-state index in [4.69, 9.17) is 0 Å². The average molecular weight is 281 g/mol. The van der Waals surface area contributed by atoms with Crippen molar-refractivity contribution in [2.75, 3.05) is 0 Å². The second-order valence-corrected chi connectivity index (χ2v) is 6.38. The molecule has 102 valence electrons. The molecule has 1 atom stereocenters. The summed E-state index contributed by atoms with van der Waals surface area (Å²) in [5, 5.41) is 10.4. The summed E-state index contributed by atoms with van der Waals surface area (Å²) in [6, 6.07) is -0.211. The smallest absolute Gasteiger partial charge is 0.244 e. The number of nitrogens with one attached hydrogen (secondary N) is 2. The highest BCUT2D eigenvalue weighted by atomic mass is 32.2. The Morgan fingerprint density at radius 1 is 1.47 bits per heavy atom. The monoisotopic (exact) mass is 281 g/mol. The molecule has 0 amide bonds. The molecular formula is C11H15N5O2S. The van der Waals surface area contributed by atoms with Crippen molar-refractivity contribution < 1.29 is 8.42 Å². The zero-order valence-electron chi connectivity index (χ0n) is 10.5. The van der Waals surface area contributed by atoms with E-state index < -0.39 is 10.0 Å². The molecule has 8 heteroatoms. The van der Waals surface area contributed by atoms with Gasteiger partial charge in [-0.15, -0.1) is 0 Å². The van der Waals surface area contributed by atoms with Gasteiger partial charge in [-0.1, -0.05) is 0 Å². The fraction of sp³-hybridized carbons (Fsp3) is 0.455.